The van der Waals surface area contributed by atoms with Crippen molar-refractivity contribution in [2.45, 2.75) is 5.92 Å². The molecule has 0 aliphatic carbocycles. The van der Waals surface area contributed by atoms with Crippen LogP contribution in [0.5, 0.6) is 0 Å². The second kappa shape index (κ2) is 5.23. The predicted molar refractivity (Wildman–Crippen MR) is 91.4 cm³/mol. The fraction of sp³-hybridized carbons (Fsp3) is 0.158. The van der Waals surface area contributed by atoms with Crippen molar-refractivity contribution in [2.24, 2.45) is 7.05 Å². The molecule has 2 aromatic carbocycles. The number of carbonyl (C=O) groups excluding carboxylic acids is 1. The number of hydrogen-bond acceptors (Lipinski definition) is 2. The van der Waals surface area contributed by atoms with Crippen molar-refractivity contribution in [2.75, 3.05) is 11.4 Å². The van der Waals surface area contributed by atoms with Gasteiger partial charge < -0.3 is 14.6 Å². The average Bonchev–Trinajstić information content (AvgIpc) is 3.14. The molecule has 3 aromatic rings. The first-order chi connectivity index (χ1) is 11.6. The molecule has 0 spiro atoms. The Morgan fingerprint density at radius 1 is 1.08 bits per heavy atom. The van der Waals surface area contributed by atoms with Gasteiger partial charge in [0.1, 0.15) is 5.92 Å². The molecule has 1 aliphatic heterocycles. The first-order valence-corrected chi connectivity index (χ1v) is 7.75. The first-order valence-electron chi connectivity index (χ1n) is 7.75. The Morgan fingerprint density at radius 2 is 1.79 bits per heavy atom. The maximum absolute atomic E-state index is 13.1. The van der Waals surface area contributed by atoms with Gasteiger partial charge in [-0.25, -0.2) is 0 Å². The van der Waals surface area contributed by atoms with Crippen LogP contribution in [0.25, 0.3) is 10.9 Å². The van der Waals surface area contributed by atoms with Gasteiger partial charge in [0.15, 0.2) is 0 Å². The summed E-state index contributed by atoms with van der Waals surface area (Å²) in [6, 6.07) is 14.9. The van der Waals surface area contributed by atoms with Crippen LogP contribution in [0.4, 0.5) is 5.69 Å². The summed E-state index contributed by atoms with van der Waals surface area (Å²) in [7, 11) is 1.90. The van der Waals surface area contributed by atoms with Gasteiger partial charge >= 0.3 is 5.97 Å². The van der Waals surface area contributed by atoms with Crippen LogP contribution in [0.3, 0.4) is 0 Å². The largest absolute Gasteiger partial charge is 0.481 e. The molecule has 24 heavy (non-hydrogen) atoms. The third-order valence-corrected chi connectivity index (χ3v) is 4.64. The molecule has 1 aliphatic rings. The van der Waals surface area contributed by atoms with Gasteiger partial charge in [-0.3, -0.25) is 9.59 Å². The second-order valence-electron chi connectivity index (χ2n) is 6.04. The molecule has 2 heterocycles. The van der Waals surface area contributed by atoms with Gasteiger partial charge in [-0.15, -0.1) is 0 Å². The van der Waals surface area contributed by atoms with E-state index in [0.717, 1.165) is 10.9 Å². The summed E-state index contributed by atoms with van der Waals surface area (Å²) in [4.78, 5) is 26.2. The zero-order valence-electron chi connectivity index (χ0n) is 13.1. The smallest absolute Gasteiger partial charge is 0.312 e. The highest BCUT2D eigenvalue weighted by atomic mass is 16.4. The highest BCUT2D eigenvalue weighted by molar-refractivity contribution is 6.15. The van der Waals surface area contributed by atoms with Crippen LogP contribution in [0.15, 0.2) is 54.7 Å². The number of para-hydroxylation sites is 2. The van der Waals surface area contributed by atoms with Crippen LogP contribution in [0, 0.1) is 0 Å². The third kappa shape index (κ3) is 2.01. The van der Waals surface area contributed by atoms with Crippen LogP contribution in [-0.2, 0) is 11.8 Å². The number of amides is 1. The number of aliphatic carboxylic acids is 1. The molecule has 0 bridgehead atoms. The maximum Gasteiger partial charge on any atom is 0.312 e. The molecule has 1 unspecified atom stereocenters. The van der Waals surface area contributed by atoms with Gasteiger partial charge in [0.25, 0.3) is 5.91 Å². The van der Waals surface area contributed by atoms with E-state index in [4.69, 9.17) is 0 Å². The molecule has 0 saturated heterocycles. The van der Waals surface area contributed by atoms with Gasteiger partial charge in [0.2, 0.25) is 0 Å². The number of rotatable bonds is 2. The van der Waals surface area contributed by atoms with E-state index in [2.05, 4.69) is 0 Å². The van der Waals surface area contributed by atoms with Gasteiger partial charge in [-0.05, 0) is 17.7 Å². The van der Waals surface area contributed by atoms with E-state index in [1.165, 1.54) is 0 Å². The molecule has 120 valence electrons. The Kier molecular flexibility index (Phi) is 3.16. The van der Waals surface area contributed by atoms with Gasteiger partial charge in [0.05, 0.1) is 5.56 Å². The molecule has 0 radical (unpaired) electrons. The van der Waals surface area contributed by atoms with E-state index < -0.39 is 11.9 Å². The van der Waals surface area contributed by atoms with Crippen molar-refractivity contribution in [1.82, 2.24) is 4.57 Å². The van der Waals surface area contributed by atoms with Crippen molar-refractivity contribution in [3.8, 4) is 0 Å². The lowest BCUT2D eigenvalue weighted by molar-refractivity contribution is -0.138. The van der Waals surface area contributed by atoms with Crippen molar-refractivity contribution in [3.05, 3.63) is 65.9 Å². The number of aromatic nitrogens is 1. The number of carbonyl (C=O) groups is 2. The monoisotopic (exact) mass is 320 g/mol. The Bertz CT molecular complexity index is 974. The lowest BCUT2D eigenvalue weighted by atomic mass is 10.0. The maximum atomic E-state index is 13.1. The van der Waals surface area contributed by atoms with Crippen LogP contribution in [0.2, 0.25) is 0 Å². The number of anilines is 1. The standard InChI is InChI=1S/C19H16N2O3/c1-20-10-14(12-6-2-4-8-16(12)20)18(22)21-11-15(19(23)24)13-7-3-5-9-17(13)21/h2-10,15H,11H2,1H3,(H,23,24). The molecule has 1 amide bonds. The number of nitrogens with zero attached hydrogens (tertiary/aromatic N) is 2. The zero-order chi connectivity index (χ0) is 16.8. The normalized spacial score (nSPS) is 16.4. The lowest BCUT2D eigenvalue weighted by Gasteiger charge is -2.17. The molecule has 1 atom stereocenters. The molecule has 1 N–H and O–H groups in total. The molecule has 0 saturated carbocycles. The summed E-state index contributed by atoms with van der Waals surface area (Å²) >= 11 is 0. The van der Waals surface area contributed by atoms with Crippen LogP contribution in [0.1, 0.15) is 21.8 Å². The summed E-state index contributed by atoms with van der Waals surface area (Å²) in [5.74, 6) is -1.75. The molecule has 5 nitrogen and oxygen atoms in total. The molecular weight excluding hydrogens is 304 g/mol. The molecule has 0 fully saturated rings. The van der Waals surface area contributed by atoms with Gasteiger partial charge in [-0.2, -0.15) is 0 Å². The number of hydrogen-bond donors (Lipinski definition) is 1. The molecule has 4 rings (SSSR count). The van der Waals surface area contributed by atoms with Crippen molar-refractivity contribution >= 4 is 28.5 Å². The van der Waals surface area contributed by atoms with Gasteiger partial charge in [-0.1, -0.05) is 36.4 Å². The average molecular weight is 320 g/mol. The first kappa shape index (κ1) is 14.5. The quantitative estimate of drug-likeness (QED) is 0.789. The SMILES string of the molecule is Cn1cc(C(=O)N2CC(C(=O)O)c3ccccc32)c2ccccc21. The fourth-order valence-electron chi connectivity index (χ4n) is 3.47. The minimum atomic E-state index is -0.907. The van der Waals surface area contributed by atoms with Crippen LogP contribution < -0.4 is 4.90 Å². The lowest BCUT2D eigenvalue weighted by Crippen LogP contribution is -2.31. The topological polar surface area (TPSA) is 62.5 Å². The van der Waals surface area contributed by atoms with E-state index in [1.54, 1.807) is 23.1 Å². The number of fused-ring (bicyclic) bond motifs is 2. The molecule has 5 heteroatoms. The van der Waals surface area contributed by atoms with E-state index in [0.29, 0.717) is 16.8 Å². The molecular formula is C19H16N2O3. The Morgan fingerprint density at radius 3 is 2.58 bits per heavy atom. The summed E-state index contributed by atoms with van der Waals surface area (Å²) in [5, 5.41) is 10.3. The number of carboxylic acids is 1. The molecule has 1 aromatic heterocycles. The number of aryl methyl sites for hydroxylation is 1. The predicted octanol–water partition coefficient (Wildman–Crippen LogP) is 3.01. The highest BCUT2D eigenvalue weighted by Gasteiger charge is 2.37. The fourth-order valence-corrected chi connectivity index (χ4v) is 3.47. The Balaban J connectivity index is 1.82. The number of benzene rings is 2. The van der Waals surface area contributed by atoms with E-state index in [1.807, 2.05) is 48.1 Å². The van der Waals surface area contributed by atoms with Gasteiger partial charge in [0, 0.05) is 36.4 Å². The summed E-state index contributed by atoms with van der Waals surface area (Å²) in [6.07, 6.45) is 1.81. The number of carboxylic acid groups (broad SMARTS) is 1. The highest BCUT2D eigenvalue weighted by Crippen LogP contribution is 2.37. The van der Waals surface area contributed by atoms with Crippen molar-refractivity contribution < 1.29 is 14.7 Å². The van der Waals surface area contributed by atoms with E-state index in [9.17, 15) is 14.7 Å². The third-order valence-electron chi connectivity index (χ3n) is 4.64. The summed E-state index contributed by atoms with van der Waals surface area (Å²) in [5.41, 5.74) is 2.94. The van der Waals surface area contributed by atoms with Crippen LogP contribution in [-0.4, -0.2) is 28.1 Å². The van der Waals surface area contributed by atoms with E-state index >= 15 is 0 Å². The summed E-state index contributed by atoms with van der Waals surface area (Å²) < 4.78 is 1.92. The van der Waals surface area contributed by atoms with Crippen molar-refractivity contribution in [3.63, 3.8) is 0 Å². The Labute approximate surface area is 138 Å². The van der Waals surface area contributed by atoms with E-state index in [-0.39, 0.29) is 12.5 Å². The minimum Gasteiger partial charge on any atom is -0.481 e. The second-order valence-corrected chi connectivity index (χ2v) is 6.04. The minimum absolute atomic E-state index is 0.163. The zero-order valence-corrected chi connectivity index (χ0v) is 13.1. The summed E-state index contributed by atoms with van der Waals surface area (Å²) in [6.45, 7) is 0.163. The van der Waals surface area contributed by atoms with Crippen molar-refractivity contribution in [1.29, 1.82) is 0 Å². The Hall–Kier alpha value is -3.08. The van der Waals surface area contributed by atoms with Crippen LogP contribution >= 0.6 is 0 Å².